The number of rotatable bonds is 3. The molecule has 1 fully saturated rings. The molecule has 0 aromatic heterocycles. The number of benzene rings is 2. The Labute approximate surface area is 158 Å². The van der Waals surface area contributed by atoms with Gasteiger partial charge in [0.15, 0.2) is 0 Å². The van der Waals surface area contributed by atoms with Gasteiger partial charge in [-0.2, -0.15) is 13.2 Å². The first kappa shape index (κ1) is 18.5. The van der Waals surface area contributed by atoms with Crippen molar-refractivity contribution < 1.29 is 27.5 Å². The second-order valence-electron chi connectivity index (χ2n) is 7.42. The van der Waals surface area contributed by atoms with Crippen LogP contribution in [0.2, 0.25) is 0 Å². The van der Waals surface area contributed by atoms with Crippen molar-refractivity contribution in [3.05, 3.63) is 65.2 Å². The highest BCUT2D eigenvalue weighted by atomic mass is 19.4. The average molecular weight is 391 g/mol. The zero-order chi connectivity index (χ0) is 20.3. The van der Waals surface area contributed by atoms with Crippen molar-refractivity contribution in [1.29, 1.82) is 0 Å². The number of aliphatic hydroxyl groups excluding tert-OH is 1. The van der Waals surface area contributed by atoms with Crippen molar-refractivity contribution in [3.63, 3.8) is 0 Å². The molecule has 4 rings (SSSR count). The molecule has 146 valence electrons. The van der Waals surface area contributed by atoms with E-state index in [1.54, 1.807) is 6.92 Å². The standard InChI is InChI=1S/C21H17F4NO2/c1-20(13-7-8-13)18(27)17(19(28)26-20)15-10-12(4-9-16(15)22)11-2-5-14(6-3-11)21(23,24)25/h2-6,9-10,13,27H,7-8H2,1H3,(H,26,28). The number of alkyl halides is 3. The van der Waals surface area contributed by atoms with E-state index in [4.69, 9.17) is 0 Å². The van der Waals surface area contributed by atoms with Gasteiger partial charge in [-0.25, -0.2) is 4.39 Å². The van der Waals surface area contributed by atoms with Gasteiger partial charge in [0.1, 0.15) is 11.6 Å². The molecule has 1 aliphatic carbocycles. The first-order valence-corrected chi connectivity index (χ1v) is 8.85. The second-order valence-corrected chi connectivity index (χ2v) is 7.42. The van der Waals surface area contributed by atoms with Gasteiger partial charge in [0.05, 0.1) is 16.7 Å². The highest BCUT2D eigenvalue weighted by Crippen LogP contribution is 2.47. The minimum atomic E-state index is -4.45. The monoisotopic (exact) mass is 391 g/mol. The van der Waals surface area contributed by atoms with Gasteiger partial charge in [-0.05, 0) is 61.1 Å². The molecule has 28 heavy (non-hydrogen) atoms. The van der Waals surface area contributed by atoms with Gasteiger partial charge >= 0.3 is 6.18 Å². The lowest BCUT2D eigenvalue weighted by molar-refractivity contribution is -0.137. The predicted octanol–water partition coefficient (Wildman–Crippen LogP) is 5.08. The number of carbonyl (C=O) groups is 1. The van der Waals surface area contributed by atoms with Gasteiger partial charge in [0.25, 0.3) is 5.91 Å². The molecule has 2 aliphatic rings. The first-order chi connectivity index (χ1) is 13.1. The molecule has 0 spiro atoms. The summed E-state index contributed by atoms with van der Waals surface area (Å²) in [6.07, 6.45) is -2.72. The third-order valence-electron chi connectivity index (χ3n) is 5.50. The lowest BCUT2D eigenvalue weighted by atomic mass is 9.91. The van der Waals surface area contributed by atoms with Crippen LogP contribution in [0.1, 0.15) is 30.9 Å². The van der Waals surface area contributed by atoms with Crippen molar-refractivity contribution in [1.82, 2.24) is 5.32 Å². The van der Waals surface area contributed by atoms with Gasteiger partial charge in [-0.1, -0.05) is 18.2 Å². The summed E-state index contributed by atoms with van der Waals surface area (Å²) in [7, 11) is 0. The van der Waals surface area contributed by atoms with E-state index in [1.807, 2.05) is 0 Å². The average Bonchev–Trinajstić information content (AvgIpc) is 3.45. The summed E-state index contributed by atoms with van der Waals surface area (Å²) >= 11 is 0. The highest BCUT2D eigenvalue weighted by molar-refractivity contribution is 6.23. The molecular weight excluding hydrogens is 374 g/mol. The summed E-state index contributed by atoms with van der Waals surface area (Å²) in [6.45, 7) is 1.71. The van der Waals surface area contributed by atoms with Gasteiger partial charge in [-0.15, -0.1) is 0 Å². The Morgan fingerprint density at radius 2 is 1.68 bits per heavy atom. The van der Waals surface area contributed by atoms with E-state index in [0.29, 0.717) is 11.1 Å². The third kappa shape index (κ3) is 2.95. The predicted molar refractivity (Wildman–Crippen MR) is 95.7 cm³/mol. The maximum absolute atomic E-state index is 14.5. The maximum atomic E-state index is 14.5. The van der Waals surface area contributed by atoms with Crippen LogP contribution < -0.4 is 5.32 Å². The zero-order valence-electron chi connectivity index (χ0n) is 14.9. The van der Waals surface area contributed by atoms with E-state index < -0.39 is 29.0 Å². The number of hydrogen-bond donors (Lipinski definition) is 2. The van der Waals surface area contributed by atoms with Crippen molar-refractivity contribution >= 4 is 11.5 Å². The van der Waals surface area contributed by atoms with Crippen LogP contribution in [-0.4, -0.2) is 16.6 Å². The quantitative estimate of drug-likeness (QED) is 0.717. The molecule has 0 saturated heterocycles. The van der Waals surface area contributed by atoms with E-state index in [-0.39, 0.29) is 22.8 Å². The van der Waals surface area contributed by atoms with E-state index in [2.05, 4.69) is 5.32 Å². The fourth-order valence-electron chi connectivity index (χ4n) is 3.68. The molecule has 0 radical (unpaired) electrons. The maximum Gasteiger partial charge on any atom is 0.416 e. The summed E-state index contributed by atoms with van der Waals surface area (Å²) < 4.78 is 52.7. The van der Waals surface area contributed by atoms with Crippen molar-refractivity contribution in [3.8, 4) is 11.1 Å². The number of amides is 1. The first-order valence-electron chi connectivity index (χ1n) is 8.85. The number of carbonyl (C=O) groups excluding carboxylic acids is 1. The number of hydrogen-bond acceptors (Lipinski definition) is 2. The van der Waals surface area contributed by atoms with E-state index in [9.17, 15) is 27.5 Å². The van der Waals surface area contributed by atoms with Crippen LogP contribution in [0.4, 0.5) is 17.6 Å². The van der Waals surface area contributed by atoms with Crippen molar-refractivity contribution in [2.24, 2.45) is 5.92 Å². The minimum Gasteiger partial charge on any atom is -0.509 e. The van der Waals surface area contributed by atoms with Gasteiger partial charge < -0.3 is 10.4 Å². The molecule has 3 nitrogen and oxygen atoms in total. The van der Waals surface area contributed by atoms with Crippen molar-refractivity contribution in [2.75, 3.05) is 0 Å². The molecule has 2 N–H and O–H groups in total. The Hall–Kier alpha value is -2.83. The summed E-state index contributed by atoms with van der Waals surface area (Å²) in [6, 6.07) is 8.41. The molecule has 2 aromatic rings. The zero-order valence-corrected chi connectivity index (χ0v) is 14.9. The lowest BCUT2D eigenvalue weighted by Gasteiger charge is -2.24. The van der Waals surface area contributed by atoms with E-state index in [1.165, 1.54) is 24.3 Å². The molecule has 1 amide bonds. The largest absolute Gasteiger partial charge is 0.509 e. The Morgan fingerprint density at radius 1 is 1.07 bits per heavy atom. The number of halogens is 4. The Balaban J connectivity index is 1.76. The van der Waals surface area contributed by atoms with Gasteiger partial charge in [-0.3, -0.25) is 4.79 Å². The Kier molecular flexibility index (Phi) is 4.03. The van der Waals surface area contributed by atoms with Crippen molar-refractivity contribution in [2.45, 2.75) is 31.5 Å². The van der Waals surface area contributed by atoms with Gasteiger partial charge in [0.2, 0.25) is 0 Å². The van der Waals surface area contributed by atoms with Crippen LogP contribution >= 0.6 is 0 Å². The third-order valence-corrected chi connectivity index (χ3v) is 5.50. The van der Waals surface area contributed by atoms with Crippen LogP contribution in [0.5, 0.6) is 0 Å². The summed E-state index contributed by atoms with van der Waals surface area (Å²) in [5.74, 6) is -1.33. The molecule has 7 heteroatoms. The fraction of sp³-hybridized carbons (Fsp3) is 0.286. The normalized spacial score (nSPS) is 22.5. The topological polar surface area (TPSA) is 49.3 Å². The number of aliphatic hydroxyl groups is 1. The molecule has 1 heterocycles. The molecule has 2 aromatic carbocycles. The highest BCUT2D eigenvalue weighted by Gasteiger charge is 2.52. The van der Waals surface area contributed by atoms with Crippen LogP contribution in [0.15, 0.2) is 48.2 Å². The molecule has 1 unspecified atom stereocenters. The van der Waals surface area contributed by atoms with Gasteiger partial charge in [0, 0.05) is 5.56 Å². The molecule has 1 saturated carbocycles. The molecular formula is C21H17F4NO2. The molecule has 1 atom stereocenters. The summed E-state index contributed by atoms with van der Waals surface area (Å²) in [5, 5.41) is 13.4. The molecule has 1 aliphatic heterocycles. The van der Waals surface area contributed by atoms with Crippen LogP contribution in [0.3, 0.4) is 0 Å². The van der Waals surface area contributed by atoms with E-state index in [0.717, 1.165) is 31.0 Å². The van der Waals surface area contributed by atoms with Crippen LogP contribution in [0.25, 0.3) is 16.7 Å². The smallest absolute Gasteiger partial charge is 0.416 e. The minimum absolute atomic E-state index is 0.0724. The SMILES string of the molecule is CC1(C2CC2)NC(=O)C(c2cc(-c3ccc(C(F)(F)F)cc3)ccc2F)=C1O. The number of nitrogens with one attached hydrogen (secondary N) is 1. The lowest BCUT2D eigenvalue weighted by Crippen LogP contribution is -2.43. The van der Waals surface area contributed by atoms with Crippen LogP contribution in [0, 0.1) is 11.7 Å². The Morgan fingerprint density at radius 3 is 2.25 bits per heavy atom. The Bertz CT molecular complexity index is 990. The summed E-state index contributed by atoms with van der Waals surface area (Å²) in [4.78, 5) is 12.5. The van der Waals surface area contributed by atoms with Crippen LogP contribution in [-0.2, 0) is 11.0 Å². The van der Waals surface area contributed by atoms with E-state index >= 15 is 0 Å². The molecule has 0 bridgehead atoms. The fourth-order valence-corrected chi connectivity index (χ4v) is 3.68. The summed E-state index contributed by atoms with van der Waals surface area (Å²) in [5.41, 5.74) is -1.01. The second kappa shape index (κ2) is 6.09.